The van der Waals surface area contributed by atoms with Crippen LogP contribution in [0.15, 0.2) is 35.2 Å². The zero-order valence-electron chi connectivity index (χ0n) is 18.5. The van der Waals surface area contributed by atoms with Crippen molar-refractivity contribution in [3.05, 3.63) is 30.3 Å². The molecule has 2 unspecified atom stereocenters. The summed E-state index contributed by atoms with van der Waals surface area (Å²) >= 11 is 0. The molecule has 1 saturated heterocycles. The second kappa shape index (κ2) is 13.1. The molecular formula is C21H33N5O6S. The number of carbonyl (C=O) groups is 3. The number of hydrogen-bond donors (Lipinski definition) is 5. The molecule has 1 aromatic rings. The van der Waals surface area contributed by atoms with Gasteiger partial charge in [-0.05, 0) is 44.4 Å². The number of carboxylic acids is 1. The second-order valence-electron chi connectivity index (χ2n) is 7.83. The van der Waals surface area contributed by atoms with Gasteiger partial charge in [-0.15, -0.1) is 0 Å². The van der Waals surface area contributed by atoms with Gasteiger partial charge in [-0.3, -0.25) is 4.79 Å². The van der Waals surface area contributed by atoms with Crippen LogP contribution in [0.2, 0.25) is 0 Å². The fourth-order valence-electron chi connectivity index (χ4n) is 3.57. The van der Waals surface area contributed by atoms with Crippen LogP contribution >= 0.6 is 0 Å². The molecule has 0 aromatic heterocycles. The number of sulfonamides is 1. The van der Waals surface area contributed by atoms with E-state index in [1.807, 2.05) is 0 Å². The largest absolute Gasteiger partial charge is 0.480 e. The van der Waals surface area contributed by atoms with Crippen molar-refractivity contribution >= 4 is 27.9 Å². The van der Waals surface area contributed by atoms with Gasteiger partial charge in [0.05, 0.1) is 11.4 Å². The minimum atomic E-state index is -3.90. The Hall–Kier alpha value is -2.70. The van der Waals surface area contributed by atoms with Crippen LogP contribution in [0.4, 0.5) is 4.79 Å². The molecule has 12 heteroatoms. The van der Waals surface area contributed by atoms with Gasteiger partial charge in [0, 0.05) is 13.1 Å². The van der Waals surface area contributed by atoms with Gasteiger partial charge in [-0.1, -0.05) is 31.0 Å². The summed E-state index contributed by atoms with van der Waals surface area (Å²) in [6.45, 7) is 0.902. The number of nitrogens with two attached hydrogens (primary N) is 1. The average Bonchev–Trinajstić information content (AvgIpc) is 3.30. The number of benzene rings is 1. The molecule has 0 aliphatic carbocycles. The van der Waals surface area contributed by atoms with E-state index < -0.39 is 40.0 Å². The molecule has 3 amide bonds. The molecule has 1 aromatic carbocycles. The topological polar surface area (TPSA) is 171 Å². The molecule has 0 spiro atoms. The Morgan fingerprint density at radius 1 is 1.09 bits per heavy atom. The van der Waals surface area contributed by atoms with Crippen LogP contribution in [-0.2, 0) is 19.6 Å². The molecule has 0 saturated carbocycles. The van der Waals surface area contributed by atoms with Crippen molar-refractivity contribution in [3.8, 4) is 0 Å². The number of carbonyl (C=O) groups excluding carboxylic acids is 2. The lowest BCUT2D eigenvalue weighted by molar-refractivity contribution is -0.142. The number of nitrogens with one attached hydrogen (secondary N) is 3. The number of hydrogen-bond acceptors (Lipinski definition) is 6. The van der Waals surface area contributed by atoms with E-state index in [9.17, 15) is 27.9 Å². The summed E-state index contributed by atoms with van der Waals surface area (Å²) in [6, 6.07) is 4.82. The predicted octanol–water partition coefficient (Wildman–Crippen LogP) is 0.227. The summed E-state index contributed by atoms with van der Waals surface area (Å²) in [5, 5.41) is 16.9. The highest BCUT2D eigenvalue weighted by Crippen LogP contribution is 2.26. The fraction of sp³-hybridized carbons (Fsp3) is 0.571. The molecule has 0 radical (unpaired) electrons. The molecule has 2 rings (SSSR count). The van der Waals surface area contributed by atoms with Crippen LogP contribution in [0.5, 0.6) is 0 Å². The van der Waals surface area contributed by atoms with Gasteiger partial charge in [0.1, 0.15) is 12.1 Å². The Kier molecular flexibility index (Phi) is 10.6. The molecule has 1 fully saturated rings. The van der Waals surface area contributed by atoms with Crippen LogP contribution in [0.1, 0.15) is 38.5 Å². The van der Waals surface area contributed by atoms with Gasteiger partial charge in [0.15, 0.2) is 0 Å². The molecule has 11 nitrogen and oxygen atoms in total. The molecule has 1 heterocycles. The highest BCUT2D eigenvalue weighted by atomic mass is 32.2. The third-order valence-electron chi connectivity index (χ3n) is 5.35. The number of carboxylic acid groups (broad SMARTS) is 1. The second-order valence-corrected chi connectivity index (χ2v) is 9.72. The first-order chi connectivity index (χ1) is 15.8. The number of urea groups is 1. The first-order valence-corrected chi connectivity index (χ1v) is 12.5. The van der Waals surface area contributed by atoms with E-state index in [1.54, 1.807) is 18.2 Å². The standard InChI is InChI=1S/C21H33N5O6S/c22-12-6-1-2-7-13-23-21(30)24-15-17(20(28)29)25-19(27)18-11-8-14-26(18)33(31,32)16-9-4-3-5-10-16/h3-5,9-10,17-18H,1-2,6-8,11-15,22H2,(H,25,27)(H,28,29)(H2,23,24,30). The molecule has 0 bridgehead atoms. The van der Waals surface area contributed by atoms with Gasteiger partial charge in [-0.25, -0.2) is 18.0 Å². The van der Waals surface area contributed by atoms with Crippen molar-refractivity contribution in [2.45, 2.75) is 55.5 Å². The van der Waals surface area contributed by atoms with E-state index in [2.05, 4.69) is 16.0 Å². The van der Waals surface area contributed by atoms with E-state index in [0.29, 0.717) is 19.5 Å². The summed E-state index contributed by atoms with van der Waals surface area (Å²) in [7, 11) is -3.90. The van der Waals surface area contributed by atoms with Crippen molar-refractivity contribution in [2.75, 3.05) is 26.2 Å². The third kappa shape index (κ3) is 7.98. The zero-order valence-corrected chi connectivity index (χ0v) is 19.4. The highest BCUT2D eigenvalue weighted by molar-refractivity contribution is 7.89. The van der Waals surface area contributed by atoms with Crippen LogP contribution in [0, 0.1) is 0 Å². The van der Waals surface area contributed by atoms with Crippen molar-refractivity contribution < 1.29 is 27.9 Å². The maximum Gasteiger partial charge on any atom is 0.328 e. The van der Waals surface area contributed by atoms with Gasteiger partial charge < -0.3 is 26.8 Å². The third-order valence-corrected chi connectivity index (χ3v) is 7.28. The molecule has 2 atom stereocenters. The minimum Gasteiger partial charge on any atom is -0.480 e. The first-order valence-electron chi connectivity index (χ1n) is 11.1. The van der Waals surface area contributed by atoms with E-state index >= 15 is 0 Å². The Morgan fingerprint density at radius 3 is 2.45 bits per heavy atom. The number of amides is 3. The summed E-state index contributed by atoms with van der Waals surface area (Å²) < 4.78 is 26.9. The lowest BCUT2D eigenvalue weighted by Gasteiger charge is -2.25. The maximum absolute atomic E-state index is 12.9. The number of aliphatic carboxylic acids is 1. The molecule has 6 N–H and O–H groups in total. The zero-order chi connectivity index (χ0) is 24.3. The predicted molar refractivity (Wildman–Crippen MR) is 122 cm³/mol. The lowest BCUT2D eigenvalue weighted by atomic mass is 10.2. The average molecular weight is 484 g/mol. The van der Waals surface area contributed by atoms with E-state index in [1.165, 1.54) is 12.1 Å². The SMILES string of the molecule is NCCCCCCNC(=O)NCC(NC(=O)C1CCCN1S(=O)(=O)c1ccccc1)C(=O)O. The highest BCUT2D eigenvalue weighted by Gasteiger charge is 2.40. The van der Waals surface area contributed by atoms with Crippen LogP contribution in [0.3, 0.4) is 0 Å². The number of unbranched alkanes of at least 4 members (excludes halogenated alkanes) is 3. The van der Waals surface area contributed by atoms with Crippen molar-refractivity contribution in [3.63, 3.8) is 0 Å². The smallest absolute Gasteiger partial charge is 0.328 e. The molecule has 33 heavy (non-hydrogen) atoms. The minimum absolute atomic E-state index is 0.0702. The number of rotatable bonds is 13. The van der Waals surface area contributed by atoms with Crippen LogP contribution in [-0.4, -0.2) is 74.0 Å². The van der Waals surface area contributed by atoms with Crippen LogP contribution in [0.25, 0.3) is 0 Å². The van der Waals surface area contributed by atoms with Crippen LogP contribution < -0.4 is 21.7 Å². The summed E-state index contributed by atoms with van der Waals surface area (Å²) in [5.41, 5.74) is 5.42. The first kappa shape index (κ1) is 26.6. The molecule has 1 aliphatic rings. The van der Waals surface area contributed by atoms with Crippen molar-refractivity contribution in [2.24, 2.45) is 5.73 Å². The maximum atomic E-state index is 12.9. The lowest BCUT2D eigenvalue weighted by Crippen LogP contribution is -2.54. The Balaban J connectivity index is 1.89. The Morgan fingerprint density at radius 2 is 1.79 bits per heavy atom. The summed E-state index contributed by atoms with van der Waals surface area (Å²) in [6.07, 6.45) is 4.37. The van der Waals surface area contributed by atoms with Gasteiger partial charge >= 0.3 is 12.0 Å². The molecule has 184 valence electrons. The van der Waals surface area contributed by atoms with Gasteiger partial charge in [0.2, 0.25) is 15.9 Å². The van der Waals surface area contributed by atoms with Crippen molar-refractivity contribution in [1.82, 2.24) is 20.3 Å². The molecule has 1 aliphatic heterocycles. The fourth-order valence-corrected chi connectivity index (χ4v) is 5.25. The summed E-state index contributed by atoms with van der Waals surface area (Å²) in [5.74, 6) is -2.04. The van der Waals surface area contributed by atoms with Crippen molar-refractivity contribution in [1.29, 1.82) is 0 Å². The normalized spacial score (nSPS) is 17.3. The van der Waals surface area contributed by atoms with E-state index in [0.717, 1.165) is 30.0 Å². The monoisotopic (exact) mass is 483 g/mol. The number of nitrogens with zero attached hydrogens (tertiary/aromatic N) is 1. The summed E-state index contributed by atoms with van der Waals surface area (Å²) in [4.78, 5) is 36.3. The van der Waals surface area contributed by atoms with Gasteiger partial charge in [0.25, 0.3) is 0 Å². The van der Waals surface area contributed by atoms with E-state index in [-0.39, 0.29) is 24.4 Å². The Labute approximate surface area is 194 Å². The van der Waals surface area contributed by atoms with E-state index in [4.69, 9.17) is 5.73 Å². The quantitative estimate of drug-likeness (QED) is 0.250. The molecular weight excluding hydrogens is 450 g/mol. The van der Waals surface area contributed by atoms with Gasteiger partial charge in [-0.2, -0.15) is 4.31 Å². The Bertz CT molecular complexity index is 896.